The molecule has 138 valence electrons. The van der Waals surface area contributed by atoms with Crippen LogP contribution in [0, 0.1) is 0 Å². The molecule has 0 atom stereocenters. The van der Waals surface area contributed by atoms with Gasteiger partial charge in [0.2, 0.25) is 9.84 Å². The number of carbonyl (C=O) groups excluding carboxylic acids is 1. The average molecular weight is 375 g/mol. The van der Waals surface area contributed by atoms with Crippen LogP contribution in [0.2, 0.25) is 0 Å². The molecule has 0 unspecified atom stereocenters. The summed E-state index contributed by atoms with van der Waals surface area (Å²) >= 11 is 0. The molecular weight excluding hydrogens is 354 g/mol. The number of anilines is 1. The molecule has 26 heavy (non-hydrogen) atoms. The molecule has 3 rings (SSSR count). The maximum Gasteiger partial charge on any atom is 0.289 e. The fraction of sp³-hybridized carbons (Fsp3) is 0.316. The minimum atomic E-state index is -3.76. The second-order valence-corrected chi connectivity index (χ2v) is 7.88. The van der Waals surface area contributed by atoms with Crippen LogP contribution in [0.4, 0.5) is 5.69 Å². The SMILES string of the molecule is C\C=C/C=C(\C=C/C)S(=O)(=O)c1ccc2c(c1)C1(OCCCO1)C(=O)N2. The molecule has 1 saturated heterocycles. The van der Waals surface area contributed by atoms with Gasteiger partial charge >= 0.3 is 0 Å². The van der Waals surface area contributed by atoms with E-state index in [4.69, 9.17) is 9.47 Å². The first-order valence-electron chi connectivity index (χ1n) is 8.40. The summed E-state index contributed by atoms with van der Waals surface area (Å²) in [5.74, 6) is -1.99. The third kappa shape index (κ3) is 3.02. The van der Waals surface area contributed by atoms with Crippen molar-refractivity contribution in [3.05, 3.63) is 59.0 Å². The van der Waals surface area contributed by atoms with Gasteiger partial charge < -0.3 is 14.8 Å². The molecule has 1 fully saturated rings. The number of rotatable bonds is 4. The maximum atomic E-state index is 13.0. The van der Waals surface area contributed by atoms with Crippen molar-refractivity contribution < 1.29 is 22.7 Å². The van der Waals surface area contributed by atoms with Gasteiger partial charge in [0.15, 0.2) is 0 Å². The zero-order valence-corrected chi connectivity index (χ0v) is 15.5. The van der Waals surface area contributed by atoms with E-state index in [2.05, 4.69) is 5.32 Å². The lowest BCUT2D eigenvalue weighted by Gasteiger charge is -2.31. The van der Waals surface area contributed by atoms with Crippen molar-refractivity contribution in [2.24, 2.45) is 0 Å². The van der Waals surface area contributed by atoms with Gasteiger partial charge in [0.1, 0.15) is 0 Å². The minimum absolute atomic E-state index is 0.0822. The lowest BCUT2D eigenvalue weighted by Crippen LogP contribution is -2.43. The van der Waals surface area contributed by atoms with Gasteiger partial charge in [-0.1, -0.05) is 18.2 Å². The van der Waals surface area contributed by atoms with E-state index < -0.39 is 21.5 Å². The fourth-order valence-corrected chi connectivity index (χ4v) is 4.31. The molecule has 0 aliphatic carbocycles. The summed E-state index contributed by atoms with van der Waals surface area (Å²) in [5, 5.41) is 2.70. The third-order valence-corrected chi connectivity index (χ3v) is 5.96. The normalized spacial score (nSPS) is 20.1. The molecule has 1 amide bonds. The molecule has 7 heteroatoms. The molecule has 0 aromatic heterocycles. The van der Waals surface area contributed by atoms with Crippen LogP contribution in [0.3, 0.4) is 0 Å². The number of carbonyl (C=O) groups is 1. The molecule has 2 heterocycles. The van der Waals surface area contributed by atoms with Crippen LogP contribution in [0.15, 0.2) is 58.4 Å². The van der Waals surface area contributed by atoms with Crippen molar-refractivity contribution >= 4 is 21.4 Å². The monoisotopic (exact) mass is 375 g/mol. The van der Waals surface area contributed by atoms with Gasteiger partial charge in [-0.2, -0.15) is 0 Å². The predicted octanol–water partition coefficient (Wildman–Crippen LogP) is 3.04. The Morgan fingerprint density at radius 1 is 1.19 bits per heavy atom. The summed E-state index contributed by atoms with van der Waals surface area (Å²) < 4.78 is 37.4. The van der Waals surface area contributed by atoms with Crippen LogP contribution in [0.5, 0.6) is 0 Å². The second kappa shape index (κ2) is 7.19. The molecule has 6 nitrogen and oxygen atoms in total. The standard InChI is InChI=1S/C19H21NO5S/c1-3-5-8-14(7-4-2)26(22,23)15-9-10-17-16(13-15)19(18(21)20-17)24-11-6-12-25-19/h3-5,7-10,13H,6,11-12H2,1-2H3,(H,20,21)/b5-3-,7-4-,14-8+. The largest absolute Gasteiger partial charge is 0.338 e. The van der Waals surface area contributed by atoms with Crippen LogP contribution in [-0.4, -0.2) is 27.5 Å². The molecule has 1 aromatic rings. The van der Waals surface area contributed by atoms with Crippen LogP contribution >= 0.6 is 0 Å². The van der Waals surface area contributed by atoms with E-state index in [1.54, 1.807) is 31.2 Å². The Morgan fingerprint density at radius 2 is 1.92 bits per heavy atom. The van der Waals surface area contributed by atoms with Crippen molar-refractivity contribution in [3.63, 3.8) is 0 Å². The van der Waals surface area contributed by atoms with E-state index in [1.807, 2.05) is 6.92 Å². The number of hydrogen-bond donors (Lipinski definition) is 1. The van der Waals surface area contributed by atoms with Crippen LogP contribution in [0.1, 0.15) is 25.8 Å². The molecule has 1 N–H and O–H groups in total. The van der Waals surface area contributed by atoms with Gasteiger partial charge in [-0.05, 0) is 50.6 Å². The smallest absolute Gasteiger partial charge is 0.289 e. The fourth-order valence-electron chi connectivity index (χ4n) is 2.94. The van der Waals surface area contributed by atoms with Gasteiger partial charge in [0, 0.05) is 5.56 Å². The molecule has 2 aliphatic rings. The number of nitrogens with one attached hydrogen (secondary N) is 1. The molecule has 2 aliphatic heterocycles. The lowest BCUT2D eigenvalue weighted by molar-refractivity contribution is -0.255. The Morgan fingerprint density at radius 3 is 2.58 bits per heavy atom. The summed E-state index contributed by atoms with van der Waals surface area (Å²) in [4.78, 5) is 12.6. The number of benzene rings is 1. The summed E-state index contributed by atoms with van der Waals surface area (Å²) in [6, 6.07) is 4.50. The van der Waals surface area contributed by atoms with E-state index in [9.17, 15) is 13.2 Å². The quantitative estimate of drug-likeness (QED) is 0.818. The number of ether oxygens (including phenoxy) is 2. The van der Waals surface area contributed by atoms with Gasteiger partial charge in [-0.25, -0.2) is 8.42 Å². The van der Waals surface area contributed by atoms with Gasteiger partial charge in [0.25, 0.3) is 11.7 Å². The molecular formula is C19H21NO5S. The first-order chi connectivity index (χ1) is 12.5. The number of fused-ring (bicyclic) bond motifs is 2. The minimum Gasteiger partial charge on any atom is -0.338 e. The summed E-state index contributed by atoms with van der Waals surface area (Å²) in [6.07, 6.45) is 8.84. The Bertz CT molecular complexity index is 906. The number of sulfone groups is 1. The number of allylic oxidation sites excluding steroid dienone is 5. The van der Waals surface area contributed by atoms with Crippen molar-refractivity contribution in [2.45, 2.75) is 31.0 Å². The number of hydrogen-bond acceptors (Lipinski definition) is 5. The van der Waals surface area contributed by atoms with E-state index >= 15 is 0 Å². The highest BCUT2D eigenvalue weighted by molar-refractivity contribution is 7.95. The summed E-state index contributed by atoms with van der Waals surface area (Å²) in [5.41, 5.74) is 0.898. The topological polar surface area (TPSA) is 81.7 Å². The van der Waals surface area contributed by atoms with Crippen molar-refractivity contribution in [1.82, 2.24) is 0 Å². The zero-order valence-electron chi connectivity index (χ0n) is 14.7. The molecule has 0 bridgehead atoms. The van der Waals surface area contributed by atoms with Crippen LogP contribution < -0.4 is 5.32 Å². The van der Waals surface area contributed by atoms with E-state index in [1.165, 1.54) is 24.3 Å². The highest BCUT2D eigenvalue weighted by Gasteiger charge is 2.51. The Hall–Kier alpha value is -2.22. The van der Waals surface area contributed by atoms with Crippen LogP contribution in [-0.2, 0) is 29.9 Å². The Balaban J connectivity index is 2.10. The van der Waals surface area contributed by atoms with Gasteiger partial charge in [-0.15, -0.1) is 0 Å². The van der Waals surface area contributed by atoms with E-state index in [0.29, 0.717) is 30.9 Å². The second-order valence-electron chi connectivity index (χ2n) is 5.93. The molecule has 0 radical (unpaired) electrons. The highest BCUT2D eigenvalue weighted by Crippen LogP contribution is 2.43. The highest BCUT2D eigenvalue weighted by atomic mass is 32.2. The first kappa shape index (κ1) is 18.6. The molecule has 1 spiro atoms. The van der Waals surface area contributed by atoms with Crippen LogP contribution in [0.25, 0.3) is 0 Å². The molecule has 1 aromatic carbocycles. The summed E-state index contributed by atoms with van der Waals surface area (Å²) in [7, 11) is -3.76. The molecule has 0 saturated carbocycles. The van der Waals surface area contributed by atoms with Crippen molar-refractivity contribution in [3.8, 4) is 0 Å². The lowest BCUT2D eigenvalue weighted by atomic mass is 10.1. The number of amides is 1. The van der Waals surface area contributed by atoms with E-state index in [0.717, 1.165) is 0 Å². The van der Waals surface area contributed by atoms with Gasteiger partial charge in [0.05, 0.1) is 28.7 Å². The zero-order chi connectivity index (χ0) is 18.8. The van der Waals surface area contributed by atoms with Gasteiger partial charge in [-0.3, -0.25) is 4.79 Å². The average Bonchev–Trinajstić information content (AvgIpc) is 2.90. The predicted molar refractivity (Wildman–Crippen MR) is 98.2 cm³/mol. The third-order valence-electron chi connectivity index (χ3n) is 4.20. The van der Waals surface area contributed by atoms with Crippen molar-refractivity contribution in [2.75, 3.05) is 18.5 Å². The Kier molecular flexibility index (Phi) is 5.13. The summed E-state index contributed by atoms with van der Waals surface area (Å²) in [6.45, 7) is 4.30. The van der Waals surface area contributed by atoms with E-state index in [-0.39, 0.29) is 9.80 Å². The maximum absolute atomic E-state index is 13.0. The van der Waals surface area contributed by atoms with Crippen molar-refractivity contribution in [1.29, 1.82) is 0 Å². The Labute approximate surface area is 153 Å². The first-order valence-corrected chi connectivity index (χ1v) is 9.88.